The van der Waals surface area contributed by atoms with Crippen molar-refractivity contribution in [3.63, 3.8) is 0 Å². The smallest absolute Gasteiger partial charge is 0.237 e. The average molecular weight is 270 g/mol. The number of amides is 1. The first-order valence-electron chi connectivity index (χ1n) is 7.68. The molecular weight excluding hydrogens is 240 g/mol. The van der Waals surface area contributed by atoms with Gasteiger partial charge in [-0.15, -0.1) is 0 Å². The van der Waals surface area contributed by atoms with E-state index in [1.807, 2.05) is 13.8 Å². The standard InChI is InChI=1S/C15H30N2O2/c1-4-10-19-15(8-6-5-7-9-15)11-17-14(18)13(16)12(2)3/h12-13H,4-11,16H2,1-3H3,(H,17,18)/t13-/m0/s1. The number of rotatable bonds is 7. The number of hydrogen-bond donors (Lipinski definition) is 2. The highest BCUT2D eigenvalue weighted by molar-refractivity contribution is 5.81. The van der Waals surface area contributed by atoms with E-state index in [9.17, 15) is 4.79 Å². The lowest BCUT2D eigenvalue weighted by Gasteiger charge is -2.37. The zero-order valence-corrected chi connectivity index (χ0v) is 12.7. The summed E-state index contributed by atoms with van der Waals surface area (Å²) < 4.78 is 6.05. The molecule has 0 bridgehead atoms. The van der Waals surface area contributed by atoms with Gasteiger partial charge in [-0.1, -0.05) is 40.0 Å². The fourth-order valence-electron chi connectivity index (χ4n) is 2.56. The molecule has 0 aromatic carbocycles. The van der Waals surface area contributed by atoms with Crippen LogP contribution in [-0.4, -0.2) is 30.7 Å². The third-order valence-corrected chi connectivity index (χ3v) is 3.98. The largest absolute Gasteiger partial charge is 0.373 e. The second-order valence-electron chi connectivity index (χ2n) is 6.08. The maximum Gasteiger partial charge on any atom is 0.237 e. The van der Waals surface area contributed by atoms with Crippen molar-refractivity contribution >= 4 is 5.91 Å². The van der Waals surface area contributed by atoms with Crippen molar-refractivity contribution in [1.82, 2.24) is 5.32 Å². The van der Waals surface area contributed by atoms with Gasteiger partial charge in [0.05, 0.1) is 11.6 Å². The van der Waals surface area contributed by atoms with Crippen LogP contribution in [0.4, 0.5) is 0 Å². The lowest BCUT2D eigenvalue weighted by molar-refractivity contribution is -0.126. The molecule has 4 nitrogen and oxygen atoms in total. The number of nitrogens with one attached hydrogen (secondary N) is 1. The Morgan fingerprint density at radius 3 is 2.47 bits per heavy atom. The van der Waals surface area contributed by atoms with E-state index in [4.69, 9.17) is 10.5 Å². The van der Waals surface area contributed by atoms with Crippen molar-refractivity contribution in [3.05, 3.63) is 0 Å². The molecule has 1 fully saturated rings. The molecule has 112 valence electrons. The molecule has 1 atom stereocenters. The fraction of sp³-hybridized carbons (Fsp3) is 0.933. The van der Waals surface area contributed by atoms with E-state index in [0.29, 0.717) is 6.54 Å². The van der Waals surface area contributed by atoms with Crippen LogP contribution in [0.3, 0.4) is 0 Å². The second-order valence-corrected chi connectivity index (χ2v) is 6.08. The molecule has 1 amide bonds. The molecule has 1 aliphatic rings. The van der Waals surface area contributed by atoms with Crippen LogP contribution in [0, 0.1) is 5.92 Å². The molecular formula is C15H30N2O2. The number of carbonyl (C=O) groups excluding carboxylic acids is 1. The van der Waals surface area contributed by atoms with Gasteiger partial charge in [0.2, 0.25) is 5.91 Å². The molecule has 0 aromatic heterocycles. The van der Waals surface area contributed by atoms with Crippen LogP contribution in [0.25, 0.3) is 0 Å². The Balaban J connectivity index is 2.50. The first-order valence-corrected chi connectivity index (χ1v) is 7.68. The van der Waals surface area contributed by atoms with Crippen molar-refractivity contribution in [2.75, 3.05) is 13.2 Å². The van der Waals surface area contributed by atoms with Gasteiger partial charge in [-0.05, 0) is 25.2 Å². The zero-order chi connectivity index (χ0) is 14.3. The van der Waals surface area contributed by atoms with Crippen molar-refractivity contribution in [3.8, 4) is 0 Å². The lowest BCUT2D eigenvalue weighted by Crippen LogP contribution is -2.51. The highest BCUT2D eigenvalue weighted by Crippen LogP contribution is 2.31. The summed E-state index contributed by atoms with van der Waals surface area (Å²) >= 11 is 0. The Morgan fingerprint density at radius 2 is 1.95 bits per heavy atom. The van der Waals surface area contributed by atoms with Crippen LogP contribution in [0.2, 0.25) is 0 Å². The maximum atomic E-state index is 12.0. The third-order valence-electron chi connectivity index (χ3n) is 3.98. The predicted molar refractivity (Wildman–Crippen MR) is 77.9 cm³/mol. The minimum Gasteiger partial charge on any atom is -0.373 e. The van der Waals surface area contributed by atoms with Crippen molar-refractivity contribution < 1.29 is 9.53 Å². The fourth-order valence-corrected chi connectivity index (χ4v) is 2.56. The third kappa shape index (κ3) is 5.11. The molecule has 3 N–H and O–H groups in total. The monoisotopic (exact) mass is 270 g/mol. The highest BCUT2D eigenvalue weighted by atomic mass is 16.5. The molecule has 0 unspecified atom stereocenters. The first-order chi connectivity index (χ1) is 9.01. The SMILES string of the molecule is CCCOC1(CNC(=O)[C@@H](N)C(C)C)CCCCC1. The van der Waals surface area contributed by atoms with Gasteiger partial charge in [0.1, 0.15) is 0 Å². The average Bonchev–Trinajstić information content (AvgIpc) is 2.43. The van der Waals surface area contributed by atoms with E-state index in [2.05, 4.69) is 12.2 Å². The van der Waals surface area contributed by atoms with Crippen LogP contribution in [0.5, 0.6) is 0 Å². The van der Waals surface area contributed by atoms with Gasteiger partial charge in [0.15, 0.2) is 0 Å². The van der Waals surface area contributed by atoms with Gasteiger partial charge in [0, 0.05) is 13.2 Å². The molecule has 1 saturated carbocycles. The lowest BCUT2D eigenvalue weighted by atomic mass is 9.84. The molecule has 4 heteroatoms. The molecule has 0 aliphatic heterocycles. The molecule has 0 saturated heterocycles. The van der Waals surface area contributed by atoms with E-state index in [1.54, 1.807) is 0 Å². The highest BCUT2D eigenvalue weighted by Gasteiger charge is 2.33. The normalized spacial score (nSPS) is 20.3. The minimum absolute atomic E-state index is 0.0555. The van der Waals surface area contributed by atoms with Crippen molar-refractivity contribution in [2.45, 2.75) is 70.9 Å². The van der Waals surface area contributed by atoms with E-state index in [-0.39, 0.29) is 17.4 Å². The second kappa shape index (κ2) is 7.85. The summed E-state index contributed by atoms with van der Waals surface area (Å²) in [6.45, 7) is 7.42. The van der Waals surface area contributed by atoms with Gasteiger partial charge in [0.25, 0.3) is 0 Å². The summed E-state index contributed by atoms with van der Waals surface area (Å²) in [6.07, 6.45) is 6.76. The molecule has 0 radical (unpaired) electrons. The zero-order valence-electron chi connectivity index (χ0n) is 12.7. The van der Waals surface area contributed by atoms with Crippen molar-refractivity contribution in [1.29, 1.82) is 0 Å². The quantitative estimate of drug-likeness (QED) is 0.745. The predicted octanol–water partition coefficient (Wildman–Crippen LogP) is 2.22. The number of carbonyl (C=O) groups is 1. The van der Waals surface area contributed by atoms with E-state index in [1.165, 1.54) is 19.3 Å². The summed E-state index contributed by atoms with van der Waals surface area (Å²) in [5.41, 5.74) is 5.71. The summed E-state index contributed by atoms with van der Waals surface area (Å²) in [4.78, 5) is 12.0. The molecule has 0 heterocycles. The summed E-state index contributed by atoms with van der Waals surface area (Å²) in [5.74, 6) is 0.110. The first kappa shape index (κ1) is 16.4. The summed E-state index contributed by atoms with van der Waals surface area (Å²) in [5, 5.41) is 2.99. The van der Waals surface area contributed by atoms with E-state index >= 15 is 0 Å². The Kier molecular flexibility index (Phi) is 6.80. The van der Waals surface area contributed by atoms with Crippen LogP contribution in [-0.2, 0) is 9.53 Å². The minimum atomic E-state index is -0.424. The van der Waals surface area contributed by atoms with Crippen LogP contribution < -0.4 is 11.1 Å². The van der Waals surface area contributed by atoms with Gasteiger partial charge < -0.3 is 15.8 Å². The van der Waals surface area contributed by atoms with Crippen LogP contribution in [0.1, 0.15) is 59.3 Å². The van der Waals surface area contributed by atoms with Crippen LogP contribution >= 0.6 is 0 Å². The van der Waals surface area contributed by atoms with Crippen molar-refractivity contribution in [2.24, 2.45) is 11.7 Å². The summed E-state index contributed by atoms with van der Waals surface area (Å²) in [7, 11) is 0. The molecule has 1 rings (SSSR count). The molecule has 1 aliphatic carbocycles. The topological polar surface area (TPSA) is 64.3 Å². The molecule has 0 spiro atoms. The van der Waals surface area contributed by atoms with E-state index < -0.39 is 6.04 Å². The maximum absolute atomic E-state index is 12.0. The number of nitrogens with two attached hydrogens (primary N) is 1. The Labute approximate surface area is 117 Å². The summed E-state index contributed by atoms with van der Waals surface area (Å²) in [6, 6.07) is -0.424. The van der Waals surface area contributed by atoms with Gasteiger partial charge >= 0.3 is 0 Å². The Morgan fingerprint density at radius 1 is 1.32 bits per heavy atom. The number of hydrogen-bond acceptors (Lipinski definition) is 3. The molecule has 0 aromatic rings. The Hall–Kier alpha value is -0.610. The number of ether oxygens (including phenoxy) is 1. The Bertz CT molecular complexity index is 273. The van der Waals surface area contributed by atoms with Gasteiger partial charge in [-0.25, -0.2) is 0 Å². The van der Waals surface area contributed by atoms with E-state index in [0.717, 1.165) is 25.9 Å². The van der Waals surface area contributed by atoms with Gasteiger partial charge in [-0.3, -0.25) is 4.79 Å². The van der Waals surface area contributed by atoms with Crippen LogP contribution in [0.15, 0.2) is 0 Å². The molecule has 19 heavy (non-hydrogen) atoms. The van der Waals surface area contributed by atoms with Gasteiger partial charge in [-0.2, -0.15) is 0 Å².